The zero-order valence-corrected chi connectivity index (χ0v) is 16.7. The Morgan fingerprint density at radius 1 is 1.21 bits per heavy atom. The van der Waals surface area contributed by atoms with Crippen molar-refractivity contribution in [2.45, 2.75) is 31.6 Å². The lowest BCUT2D eigenvalue weighted by molar-refractivity contribution is -0.126. The number of halogens is 1. The maximum Gasteiger partial charge on any atom is 0.242 e. The fourth-order valence-electron chi connectivity index (χ4n) is 2.86. The van der Waals surface area contributed by atoms with Gasteiger partial charge in [0, 0.05) is 5.56 Å². The van der Waals surface area contributed by atoms with Crippen LogP contribution in [0.1, 0.15) is 30.9 Å². The molecule has 146 valence electrons. The molecule has 3 rings (SSSR count). The zero-order chi connectivity index (χ0) is 19.9. The fourth-order valence-corrected chi connectivity index (χ4v) is 4.08. The van der Waals surface area contributed by atoms with E-state index in [0.717, 1.165) is 24.0 Å². The Morgan fingerprint density at radius 2 is 1.96 bits per heavy atom. The molecule has 0 aromatic heterocycles. The highest BCUT2D eigenvalue weighted by molar-refractivity contribution is 8.15. The Labute approximate surface area is 168 Å². The predicted molar refractivity (Wildman–Crippen MR) is 111 cm³/mol. The van der Waals surface area contributed by atoms with E-state index in [1.165, 1.54) is 23.9 Å². The van der Waals surface area contributed by atoms with E-state index in [9.17, 15) is 9.18 Å². The Bertz CT molecular complexity index is 883. The van der Waals surface area contributed by atoms with Gasteiger partial charge in [0.25, 0.3) is 0 Å². The van der Waals surface area contributed by atoms with Gasteiger partial charge >= 0.3 is 0 Å². The van der Waals surface area contributed by atoms with Crippen LogP contribution in [-0.4, -0.2) is 34.5 Å². The number of nitrogens with zero attached hydrogens (tertiary/aromatic N) is 3. The summed E-state index contributed by atoms with van der Waals surface area (Å²) < 4.78 is 18.5. The summed E-state index contributed by atoms with van der Waals surface area (Å²) >= 11 is 1.43. The number of hydrogen-bond donors (Lipinski definition) is 0. The second-order valence-electron chi connectivity index (χ2n) is 6.32. The lowest BCUT2D eigenvalue weighted by Gasteiger charge is -2.15. The summed E-state index contributed by atoms with van der Waals surface area (Å²) in [7, 11) is 1.60. The van der Waals surface area contributed by atoms with Gasteiger partial charge in [-0.1, -0.05) is 49.4 Å². The van der Waals surface area contributed by atoms with Crippen LogP contribution in [0.25, 0.3) is 0 Å². The highest BCUT2D eigenvalue weighted by atomic mass is 32.2. The van der Waals surface area contributed by atoms with E-state index in [4.69, 9.17) is 4.74 Å². The summed E-state index contributed by atoms with van der Waals surface area (Å²) in [6, 6.07) is 13.6. The number of carbonyl (C=O) groups excluding carboxylic acids is 1. The summed E-state index contributed by atoms with van der Waals surface area (Å²) in [5.41, 5.74) is 1.65. The number of benzene rings is 2. The summed E-state index contributed by atoms with van der Waals surface area (Å²) in [5.74, 6) is 0.418. The van der Waals surface area contributed by atoms with Gasteiger partial charge in [0.1, 0.15) is 11.6 Å². The molecular formula is C21H22FN3O2S. The van der Waals surface area contributed by atoms with Crippen molar-refractivity contribution in [3.63, 3.8) is 0 Å². The van der Waals surface area contributed by atoms with Crippen LogP contribution in [0.3, 0.4) is 0 Å². The monoisotopic (exact) mass is 399 g/mol. The zero-order valence-electron chi connectivity index (χ0n) is 15.8. The smallest absolute Gasteiger partial charge is 0.242 e. The molecule has 5 nitrogen and oxygen atoms in total. The van der Waals surface area contributed by atoms with Crippen LogP contribution in [0.4, 0.5) is 4.39 Å². The molecule has 1 amide bonds. The highest BCUT2D eigenvalue weighted by Crippen LogP contribution is 2.31. The van der Waals surface area contributed by atoms with Gasteiger partial charge in [0.2, 0.25) is 5.91 Å². The maximum absolute atomic E-state index is 13.2. The molecule has 28 heavy (non-hydrogen) atoms. The van der Waals surface area contributed by atoms with Crippen molar-refractivity contribution >= 4 is 29.1 Å². The summed E-state index contributed by atoms with van der Waals surface area (Å²) in [6.07, 6.45) is 3.30. The molecule has 1 aliphatic rings. The van der Waals surface area contributed by atoms with Crippen molar-refractivity contribution in [2.75, 3.05) is 7.11 Å². The number of thioether (sulfide) groups is 1. The lowest BCUT2D eigenvalue weighted by atomic mass is 10.2. The Balaban J connectivity index is 1.82. The number of ether oxygens (including phenoxy) is 1. The van der Waals surface area contributed by atoms with Crippen molar-refractivity contribution < 1.29 is 13.9 Å². The molecule has 0 aliphatic carbocycles. The molecule has 1 saturated heterocycles. The molecule has 1 unspecified atom stereocenters. The van der Waals surface area contributed by atoms with Gasteiger partial charge in [-0.15, -0.1) is 5.10 Å². The normalized spacial score (nSPS) is 18.4. The first-order valence-corrected chi connectivity index (χ1v) is 9.97. The SMILES string of the molecule is CCCC1SC(=NN=Cc2ccccc2OC)N(Cc2ccc(F)cc2)C1=O. The molecule has 0 spiro atoms. The number of carbonyl (C=O) groups is 1. The average molecular weight is 399 g/mol. The van der Waals surface area contributed by atoms with Crippen molar-refractivity contribution in [1.29, 1.82) is 0 Å². The first kappa shape index (κ1) is 20.1. The van der Waals surface area contributed by atoms with E-state index in [0.29, 0.717) is 17.5 Å². The minimum absolute atomic E-state index is 0.0161. The van der Waals surface area contributed by atoms with E-state index in [2.05, 4.69) is 10.2 Å². The van der Waals surface area contributed by atoms with E-state index < -0.39 is 0 Å². The van der Waals surface area contributed by atoms with Gasteiger partial charge in [0.05, 0.1) is 25.1 Å². The summed E-state index contributed by atoms with van der Waals surface area (Å²) in [6.45, 7) is 2.39. The number of hydrogen-bond acceptors (Lipinski definition) is 5. The number of methoxy groups -OCH3 is 1. The van der Waals surface area contributed by atoms with Gasteiger partial charge in [-0.3, -0.25) is 9.69 Å². The third-order valence-electron chi connectivity index (χ3n) is 4.30. The average Bonchev–Trinajstić information content (AvgIpc) is 2.99. The van der Waals surface area contributed by atoms with Crippen molar-refractivity contribution in [2.24, 2.45) is 10.2 Å². The van der Waals surface area contributed by atoms with Gasteiger partial charge in [-0.25, -0.2) is 4.39 Å². The minimum atomic E-state index is -0.301. The van der Waals surface area contributed by atoms with Crippen LogP contribution < -0.4 is 4.74 Å². The molecule has 2 aromatic carbocycles. The molecule has 1 heterocycles. The molecule has 2 aromatic rings. The summed E-state index contributed by atoms with van der Waals surface area (Å²) in [5, 5.41) is 8.87. The largest absolute Gasteiger partial charge is 0.496 e. The van der Waals surface area contributed by atoms with Gasteiger partial charge in [-0.2, -0.15) is 5.10 Å². The van der Waals surface area contributed by atoms with Crippen LogP contribution in [0, 0.1) is 5.82 Å². The topological polar surface area (TPSA) is 54.3 Å². The van der Waals surface area contributed by atoms with Crippen LogP contribution >= 0.6 is 11.8 Å². The molecule has 0 saturated carbocycles. The molecule has 1 aliphatic heterocycles. The third kappa shape index (κ3) is 4.78. The second kappa shape index (κ2) is 9.50. The summed E-state index contributed by atoms with van der Waals surface area (Å²) in [4.78, 5) is 14.4. The quantitative estimate of drug-likeness (QED) is 0.510. The minimum Gasteiger partial charge on any atom is -0.496 e. The molecule has 0 bridgehead atoms. The fraction of sp³-hybridized carbons (Fsp3) is 0.286. The van der Waals surface area contributed by atoms with Crippen LogP contribution in [0.2, 0.25) is 0 Å². The van der Waals surface area contributed by atoms with E-state index in [1.54, 1.807) is 30.4 Å². The highest BCUT2D eigenvalue weighted by Gasteiger charge is 2.37. The van der Waals surface area contributed by atoms with Crippen LogP contribution in [-0.2, 0) is 11.3 Å². The number of amides is 1. The third-order valence-corrected chi connectivity index (χ3v) is 5.54. The number of para-hydroxylation sites is 1. The number of amidine groups is 1. The molecule has 0 N–H and O–H groups in total. The Kier molecular flexibility index (Phi) is 6.81. The molecule has 0 radical (unpaired) electrons. The van der Waals surface area contributed by atoms with Gasteiger partial charge < -0.3 is 4.74 Å². The standard InChI is InChI=1S/C21H22FN3O2S/c1-3-6-19-20(26)25(14-15-9-11-17(22)12-10-15)21(28-19)24-23-13-16-7-4-5-8-18(16)27-2/h4-5,7-13,19H,3,6,14H2,1-2H3. The van der Waals surface area contributed by atoms with Crippen LogP contribution in [0.5, 0.6) is 5.75 Å². The van der Waals surface area contributed by atoms with Gasteiger partial charge in [0.15, 0.2) is 5.17 Å². The van der Waals surface area contributed by atoms with Gasteiger partial charge in [-0.05, 0) is 36.2 Å². The lowest BCUT2D eigenvalue weighted by Crippen LogP contribution is -2.31. The van der Waals surface area contributed by atoms with Crippen LogP contribution in [0.15, 0.2) is 58.7 Å². The van der Waals surface area contributed by atoms with E-state index >= 15 is 0 Å². The molecule has 1 atom stereocenters. The molecular weight excluding hydrogens is 377 g/mol. The van der Waals surface area contributed by atoms with Crippen molar-refractivity contribution in [3.8, 4) is 5.75 Å². The second-order valence-corrected chi connectivity index (χ2v) is 7.48. The van der Waals surface area contributed by atoms with Crippen molar-refractivity contribution in [3.05, 3.63) is 65.5 Å². The van der Waals surface area contributed by atoms with E-state index in [1.807, 2.05) is 31.2 Å². The van der Waals surface area contributed by atoms with Crippen molar-refractivity contribution in [1.82, 2.24) is 4.90 Å². The predicted octanol–water partition coefficient (Wildman–Crippen LogP) is 4.47. The molecule has 7 heteroatoms. The maximum atomic E-state index is 13.2. The first-order valence-electron chi connectivity index (χ1n) is 9.09. The Morgan fingerprint density at radius 3 is 2.68 bits per heavy atom. The van der Waals surface area contributed by atoms with E-state index in [-0.39, 0.29) is 17.0 Å². The number of rotatable bonds is 7. The Hall–Kier alpha value is -2.67. The first-order chi connectivity index (χ1) is 13.6. The molecule has 1 fully saturated rings.